The van der Waals surface area contributed by atoms with Crippen molar-refractivity contribution in [3.63, 3.8) is 0 Å². The Kier molecular flexibility index (Phi) is 5.01. The van der Waals surface area contributed by atoms with Crippen molar-refractivity contribution in [2.75, 3.05) is 44.2 Å². The molecule has 2 aliphatic rings. The molecule has 1 aromatic rings. The van der Waals surface area contributed by atoms with Crippen LogP contribution in [0.15, 0.2) is 24.3 Å². The van der Waals surface area contributed by atoms with Crippen LogP contribution in [0, 0.1) is 0 Å². The lowest BCUT2D eigenvalue weighted by molar-refractivity contribution is 0.0250. The maximum absolute atomic E-state index is 6.00. The molecule has 116 valence electrons. The summed E-state index contributed by atoms with van der Waals surface area (Å²) in [6.07, 6.45) is 2.66. The summed E-state index contributed by atoms with van der Waals surface area (Å²) in [4.78, 5) is 4.91. The summed E-state index contributed by atoms with van der Waals surface area (Å²) in [5.74, 6) is 0. The second kappa shape index (κ2) is 6.97. The van der Waals surface area contributed by atoms with Crippen molar-refractivity contribution in [1.82, 2.24) is 4.90 Å². The van der Waals surface area contributed by atoms with E-state index in [-0.39, 0.29) is 0 Å². The zero-order chi connectivity index (χ0) is 14.7. The molecule has 2 atom stereocenters. The van der Waals surface area contributed by atoms with Crippen molar-refractivity contribution >= 4 is 17.3 Å². The van der Waals surface area contributed by atoms with Crippen molar-refractivity contribution in [2.24, 2.45) is 5.73 Å². The molecule has 2 saturated heterocycles. The van der Waals surface area contributed by atoms with Gasteiger partial charge in [0.25, 0.3) is 0 Å². The van der Waals surface area contributed by atoms with Crippen LogP contribution in [0.5, 0.6) is 0 Å². The Morgan fingerprint density at radius 1 is 1.19 bits per heavy atom. The first kappa shape index (κ1) is 15.1. The van der Waals surface area contributed by atoms with E-state index in [1.807, 2.05) is 12.1 Å². The quantitative estimate of drug-likeness (QED) is 0.923. The second-order valence-corrected chi connectivity index (χ2v) is 6.29. The van der Waals surface area contributed by atoms with E-state index in [2.05, 4.69) is 21.9 Å². The lowest BCUT2D eigenvalue weighted by atomic mass is 10.1. The normalized spacial score (nSPS) is 25.2. The molecule has 0 saturated carbocycles. The Balaban J connectivity index is 1.57. The van der Waals surface area contributed by atoms with Crippen LogP contribution in [0.4, 0.5) is 5.69 Å². The minimum atomic E-state index is 0.331. The summed E-state index contributed by atoms with van der Waals surface area (Å²) in [5.41, 5.74) is 7.25. The number of anilines is 1. The Morgan fingerprint density at radius 2 is 1.90 bits per heavy atom. The molecule has 2 aliphatic heterocycles. The highest BCUT2D eigenvalue weighted by Crippen LogP contribution is 2.23. The van der Waals surface area contributed by atoms with Crippen LogP contribution in [0.1, 0.15) is 12.8 Å². The Hall–Kier alpha value is -0.810. The summed E-state index contributed by atoms with van der Waals surface area (Å²) >= 11 is 5.95. The van der Waals surface area contributed by atoms with Crippen LogP contribution in [-0.4, -0.2) is 56.4 Å². The van der Waals surface area contributed by atoms with Crippen LogP contribution < -0.4 is 10.6 Å². The van der Waals surface area contributed by atoms with E-state index in [9.17, 15) is 0 Å². The Morgan fingerprint density at radius 3 is 2.48 bits per heavy atom. The number of benzene rings is 1. The second-order valence-electron chi connectivity index (χ2n) is 5.85. The van der Waals surface area contributed by atoms with Gasteiger partial charge in [0.1, 0.15) is 0 Å². The van der Waals surface area contributed by atoms with Crippen LogP contribution >= 0.6 is 11.6 Å². The molecule has 0 radical (unpaired) electrons. The number of ether oxygens (including phenoxy) is 1. The van der Waals surface area contributed by atoms with Gasteiger partial charge in [-0.15, -0.1) is 0 Å². The lowest BCUT2D eigenvalue weighted by Gasteiger charge is -2.41. The van der Waals surface area contributed by atoms with Gasteiger partial charge in [-0.2, -0.15) is 0 Å². The van der Waals surface area contributed by atoms with Gasteiger partial charge in [0.2, 0.25) is 0 Å². The van der Waals surface area contributed by atoms with E-state index in [1.165, 1.54) is 12.1 Å². The molecular formula is C16H24ClN3O. The molecule has 0 aliphatic carbocycles. The first-order valence-electron chi connectivity index (χ1n) is 7.84. The maximum atomic E-state index is 6.00. The molecule has 4 nitrogen and oxygen atoms in total. The van der Waals surface area contributed by atoms with Gasteiger partial charge in [-0.3, -0.25) is 4.90 Å². The molecule has 2 N–H and O–H groups in total. The Bertz CT molecular complexity index is 439. The van der Waals surface area contributed by atoms with E-state index in [0.717, 1.165) is 44.2 Å². The topological polar surface area (TPSA) is 41.7 Å². The van der Waals surface area contributed by atoms with Crippen LogP contribution in [0.3, 0.4) is 0 Å². The number of piperazine rings is 1. The summed E-state index contributed by atoms with van der Waals surface area (Å²) in [7, 11) is 0. The highest BCUT2D eigenvalue weighted by atomic mass is 35.5. The van der Waals surface area contributed by atoms with Crippen LogP contribution in [0.25, 0.3) is 0 Å². The van der Waals surface area contributed by atoms with Crippen molar-refractivity contribution in [3.05, 3.63) is 29.3 Å². The van der Waals surface area contributed by atoms with Gasteiger partial charge in [-0.1, -0.05) is 11.6 Å². The molecular weight excluding hydrogens is 286 g/mol. The molecule has 0 spiro atoms. The number of nitrogens with zero attached hydrogens (tertiary/aromatic N) is 2. The molecule has 0 aromatic heterocycles. The zero-order valence-electron chi connectivity index (χ0n) is 12.4. The SMILES string of the molecule is NCC(C1CCCO1)N1CCN(c2ccc(Cl)cc2)CC1. The molecule has 2 heterocycles. The summed E-state index contributed by atoms with van der Waals surface area (Å²) in [5, 5.41) is 0.791. The third-order valence-electron chi connectivity index (χ3n) is 4.61. The summed E-state index contributed by atoms with van der Waals surface area (Å²) in [6.45, 7) is 5.74. The molecule has 5 heteroatoms. The minimum absolute atomic E-state index is 0.331. The molecule has 21 heavy (non-hydrogen) atoms. The summed E-state index contributed by atoms with van der Waals surface area (Å²) < 4.78 is 5.83. The van der Waals surface area contributed by atoms with Crippen LogP contribution in [0.2, 0.25) is 5.02 Å². The molecule has 0 amide bonds. The average molecular weight is 310 g/mol. The number of rotatable bonds is 4. The number of hydrogen-bond donors (Lipinski definition) is 1. The number of halogens is 1. The monoisotopic (exact) mass is 309 g/mol. The smallest absolute Gasteiger partial charge is 0.0743 e. The molecule has 1 aromatic carbocycles. The van der Waals surface area contributed by atoms with Gasteiger partial charge in [0.15, 0.2) is 0 Å². The first-order valence-corrected chi connectivity index (χ1v) is 8.22. The third-order valence-corrected chi connectivity index (χ3v) is 4.86. The van der Waals surface area contributed by atoms with Gasteiger partial charge in [0.05, 0.1) is 6.10 Å². The van der Waals surface area contributed by atoms with Gasteiger partial charge in [0, 0.05) is 56.1 Å². The molecule has 2 fully saturated rings. The predicted molar refractivity (Wildman–Crippen MR) is 87.1 cm³/mol. The fraction of sp³-hybridized carbons (Fsp3) is 0.625. The average Bonchev–Trinajstić information content (AvgIpc) is 3.04. The van der Waals surface area contributed by atoms with E-state index >= 15 is 0 Å². The van der Waals surface area contributed by atoms with Crippen molar-refractivity contribution in [2.45, 2.75) is 25.0 Å². The largest absolute Gasteiger partial charge is 0.377 e. The van der Waals surface area contributed by atoms with Gasteiger partial charge < -0.3 is 15.4 Å². The highest BCUT2D eigenvalue weighted by molar-refractivity contribution is 6.30. The fourth-order valence-electron chi connectivity index (χ4n) is 3.41. The van der Waals surface area contributed by atoms with Crippen molar-refractivity contribution in [1.29, 1.82) is 0 Å². The zero-order valence-corrected chi connectivity index (χ0v) is 13.1. The minimum Gasteiger partial charge on any atom is -0.377 e. The van der Waals surface area contributed by atoms with Gasteiger partial charge in [-0.25, -0.2) is 0 Å². The molecule has 3 rings (SSSR count). The lowest BCUT2D eigenvalue weighted by Crippen LogP contribution is -2.56. The van der Waals surface area contributed by atoms with Crippen LogP contribution in [-0.2, 0) is 4.74 Å². The van der Waals surface area contributed by atoms with Crippen molar-refractivity contribution in [3.8, 4) is 0 Å². The highest BCUT2D eigenvalue weighted by Gasteiger charge is 2.31. The third kappa shape index (κ3) is 3.51. The molecule has 0 bridgehead atoms. The van der Waals surface area contributed by atoms with Crippen molar-refractivity contribution < 1.29 is 4.74 Å². The maximum Gasteiger partial charge on any atom is 0.0743 e. The van der Waals surface area contributed by atoms with Gasteiger partial charge >= 0.3 is 0 Å². The van der Waals surface area contributed by atoms with Gasteiger partial charge in [-0.05, 0) is 37.1 Å². The Labute approximate surface area is 131 Å². The van der Waals surface area contributed by atoms with E-state index in [1.54, 1.807) is 0 Å². The number of nitrogens with two attached hydrogens (primary N) is 1. The first-order chi connectivity index (χ1) is 10.3. The standard InChI is InChI=1S/C16H24ClN3O/c17-13-3-5-14(6-4-13)19-7-9-20(10-8-19)15(12-18)16-2-1-11-21-16/h3-6,15-16H,1-2,7-12,18H2. The van der Waals surface area contributed by atoms with E-state index < -0.39 is 0 Å². The number of hydrogen-bond acceptors (Lipinski definition) is 4. The summed E-state index contributed by atoms with van der Waals surface area (Å²) in [6, 6.07) is 8.48. The van der Waals surface area contributed by atoms with E-state index in [4.69, 9.17) is 22.1 Å². The van der Waals surface area contributed by atoms with E-state index in [0.29, 0.717) is 18.7 Å². The molecule has 2 unspecified atom stereocenters. The predicted octanol–water partition coefficient (Wildman–Crippen LogP) is 1.97. The fourth-order valence-corrected chi connectivity index (χ4v) is 3.53.